The molecule has 94 valence electrons. The number of ether oxygens (including phenoxy) is 1. The van der Waals surface area contributed by atoms with Gasteiger partial charge in [-0.25, -0.2) is 4.98 Å². The van der Waals surface area contributed by atoms with Gasteiger partial charge in [-0.05, 0) is 25.2 Å². The molecule has 0 aliphatic carbocycles. The molecule has 0 saturated heterocycles. The van der Waals surface area contributed by atoms with Crippen LogP contribution in [0.1, 0.15) is 17.3 Å². The van der Waals surface area contributed by atoms with Gasteiger partial charge in [0.2, 0.25) is 5.88 Å². The van der Waals surface area contributed by atoms with Crippen molar-refractivity contribution in [2.24, 2.45) is 0 Å². The van der Waals surface area contributed by atoms with Crippen LogP contribution < -0.4 is 10.1 Å². The average Bonchev–Trinajstić information content (AvgIpc) is 2.46. The maximum atomic E-state index is 5.29. The minimum absolute atomic E-state index is 0.142. The van der Waals surface area contributed by atoms with Crippen molar-refractivity contribution in [3.63, 3.8) is 0 Å². The number of nitrogens with zero attached hydrogens (tertiary/aromatic N) is 2. The van der Waals surface area contributed by atoms with Crippen molar-refractivity contribution in [3.8, 4) is 5.88 Å². The van der Waals surface area contributed by atoms with Crippen molar-refractivity contribution in [1.29, 1.82) is 0 Å². The van der Waals surface area contributed by atoms with Gasteiger partial charge in [-0.15, -0.1) is 0 Å². The Bertz CT molecular complexity index is 487. The third-order valence-corrected chi connectivity index (χ3v) is 2.86. The zero-order chi connectivity index (χ0) is 12.8. The molecule has 1 N–H and O–H groups in total. The highest BCUT2D eigenvalue weighted by Crippen LogP contribution is 2.24. The third kappa shape index (κ3) is 2.84. The number of methoxy groups -OCH3 is 1. The first kappa shape index (κ1) is 12.5. The number of nitrogens with one attached hydrogen (secondary N) is 1. The largest absolute Gasteiger partial charge is 0.481 e. The van der Waals surface area contributed by atoms with Gasteiger partial charge in [-0.1, -0.05) is 12.1 Å². The lowest BCUT2D eigenvalue weighted by molar-refractivity contribution is 0.384. The van der Waals surface area contributed by atoms with Crippen LogP contribution in [0.3, 0.4) is 0 Å². The first-order valence-corrected chi connectivity index (χ1v) is 5.91. The van der Waals surface area contributed by atoms with E-state index in [9.17, 15) is 0 Å². The Balaban J connectivity index is 2.23. The smallest absolute Gasteiger partial charge is 0.217 e. The van der Waals surface area contributed by atoms with Crippen LogP contribution >= 0.6 is 0 Å². The van der Waals surface area contributed by atoms with Crippen LogP contribution in [0.5, 0.6) is 5.88 Å². The van der Waals surface area contributed by atoms with E-state index in [2.05, 4.69) is 15.3 Å². The summed E-state index contributed by atoms with van der Waals surface area (Å²) >= 11 is 0. The second kappa shape index (κ2) is 6.12. The average molecular weight is 243 g/mol. The predicted molar refractivity (Wildman–Crippen MR) is 70.5 cm³/mol. The van der Waals surface area contributed by atoms with Gasteiger partial charge in [-0.3, -0.25) is 4.98 Å². The van der Waals surface area contributed by atoms with Crippen molar-refractivity contribution in [2.45, 2.75) is 12.5 Å². The molecule has 2 rings (SSSR count). The van der Waals surface area contributed by atoms with Gasteiger partial charge in [0.1, 0.15) is 0 Å². The normalized spacial score (nSPS) is 12.1. The highest BCUT2D eigenvalue weighted by Gasteiger charge is 2.15. The topological polar surface area (TPSA) is 47.0 Å². The fraction of sp³-hybridized carbons (Fsp3) is 0.286. The zero-order valence-corrected chi connectivity index (χ0v) is 10.6. The molecule has 4 heteroatoms. The molecule has 2 heterocycles. The maximum absolute atomic E-state index is 5.29. The summed E-state index contributed by atoms with van der Waals surface area (Å²) in [4.78, 5) is 8.57. The van der Waals surface area contributed by atoms with Gasteiger partial charge < -0.3 is 10.1 Å². The van der Waals surface area contributed by atoms with Crippen molar-refractivity contribution in [1.82, 2.24) is 15.3 Å². The molecule has 0 bridgehead atoms. The van der Waals surface area contributed by atoms with Gasteiger partial charge in [0.15, 0.2) is 0 Å². The standard InChI is InChI=1S/C14H17N3O/c1-15-13(10-11-6-3-4-8-16-11)12-7-5-9-17-14(12)18-2/h3-9,13,15H,10H2,1-2H3. The number of aromatic nitrogens is 2. The van der Waals surface area contributed by atoms with Crippen LogP contribution in [0.2, 0.25) is 0 Å². The van der Waals surface area contributed by atoms with Crippen molar-refractivity contribution >= 4 is 0 Å². The van der Waals surface area contributed by atoms with E-state index in [1.807, 2.05) is 43.6 Å². The predicted octanol–water partition coefficient (Wildman–Crippen LogP) is 1.99. The summed E-state index contributed by atoms with van der Waals surface area (Å²) in [6.07, 6.45) is 4.34. The van der Waals surface area contributed by atoms with E-state index in [-0.39, 0.29) is 6.04 Å². The lowest BCUT2D eigenvalue weighted by Gasteiger charge is -2.18. The molecule has 2 aromatic heterocycles. The minimum Gasteiger partial charge on any atom is -0.481 e. The molecule has 0 aromatic carbocycles. The molecule has 1 atom stereocenters. The number of pyridine rings is 2. The summed E-state index contributed by atoms with van der Waals surface area (Å²) in [6, 6.07) is 10.0. The maximum Gasteiger partial charge on any atom is 0.217 e. The van der Waals surface area contributed by atoms with Crippen LogP contribution in [0, 0.1) is 0 Å². The lowest BCUT2D eigenvalue weighted by Crippen LogP contribution is -2.20. The summed E-state index contributed by atoms with van der Waals surface area (Å²) in [7, 11) is 3.57. The second-order valence-corrected chi connectivity index (χ2v) is 3.97. The van der Waals surface area contributed by atoms with Crippen LogP contribution in [0.15, 0.2) is 42.7 Å². The Morgan fingerprint density at radius 2 is 2.00 bits per heavy atom. The van der Waals surface area contributed by atoms with Gasteiger partial charge >= 0.3 is 0 Å². The molecule has 4 nitrogen and oxygen atoms in total. The number of hydrogen-bond acceptors (Lipinski definition) is 4. The minimum atomic E-state index is 0.142. The Morgan fingerprint density at radius 1 is 1.17 bits per heavy atom. The molecule has 0 fully saturated rings. The van der Waals surface area contributed by atoms with Gasteiger partial charge in [-0.2, -0.15) is 0 Å². The molecule has 1 unspecified atom stereocenters. The van der Waals surface area contributed by atoms with E-state index in [1.54, 1.807) is 13.3 Å². The van der Waals surface area contributed by atoms with E-state index in [4.69, 9.17) is 4.74 Å². The first-order chi connectivity index (χ1) is 8.85. The SMILES string of the molecule is CNC(Cc1ccccn1)c1cccnc1OC. The Hall–Kier alpha value is -1.94. The summed E-state index contributed by atoms with van der Waals surface area (Å²) in [6.45, 7) is 0. The molecular formula is C14H17N3O. The highest BCUT2D eigenvalue weighted by molar-refractivity contribution is 5.30. The molecule has 0 saturated carbocycles. The van der Waals surface area contributed by atoms with E-state index < -0.39 is 0 Å². The van der Waals surface area contributed by atoms with Crippen LogP contribution in [-0.4, -0.2) is 24.1 Å². The Kier molecular flexibility index (Phi) is 4.25. The molecule has 0 spiro atoms. The molecule has 0 amide bonds. The highest BCUT2D eigenvalue weighted by atomic mass is 16.5. The van der Waals surface area contributed by atoms with Crippen molar-refractivity contribution in [2.75, 3.05) is 14.2 Å². The molecule has 2 aromatic rings. The third-order valence-electron chi connectivity index (χ3n) is 2.86. The van der Waals surface area contributed by atoms with Crippen LogP contribution in [0.25, 0.3) is 0 Å². The van der Waals surface area contributed by atoms with E-state index in [0.717, 1.165) is 17.7 Å². The van der Waals surface area contributed by atoms with Crippen LogP contribution in [0.4, 0.5) is 0 Å². The Labute approximate surface area is 107 Å². The van der Waals surface area contributed by atoms with E-state index in [1.165, 1.54) is 0 Å². The summed E-state index contributed by atoms with van der Waals surface area (Å²) in [5, 5.41) is 3.28. The van der Waals surface area contributed by atoms with Gasteiger partial charge in [0.05, 0.1) is 7.11 Å². The molecule has 0 radical (unpaired) electrons. The van der Waals surface area contributed by atoms with Crippen molar-refractivity contribution in [3.05, 3.63) is 54.0 Å². The molecule has 0 aliphatic heterocycles. The fourth-order valence-corrected chi connectivity index (χ4v) is 1.93. The summed E-state index contributed by atoms with van der Waals surface area (Å²) in [5.74, 6) is 0.660. The monoisotopic (exact) mass is 243 g/mol. The van der Waals surface area contributed by atoms with Crippen LogP contribution in [-0.2, 0) is 6.42 Å². The lowest BCUT2D eigenvalue weighted by atomic mass is 10.0. The quantitative estimate of drug-likeness (QED) is 0.872. The van der Waals surface area contributed by atoms with Gasteiger partial charge in [0, 0.05) is 36.1 Å². The first-order valence-electron chi connectivity index (χ1n) is 5.91. The van der Waals surface area contributed by atoms with E-state index in [0.29, 0.717) is 5.88 Å². The number of hydrogen-bond donors (Lipinski definition) is 1. The fourth-order valence-electron chi connectivity index (χ4n) is 1.93. The number of likely N-dealkylation sites (N-methyl/N-ethyl adjacent to an activating group) is 1. The van der Waals surface area contributed by atoms with Gasteiger partial charge in [0.25, 0.3) is 0 Å². The van der Waals surface area contributed by atoms with Crippen molar-refractivity contribution < 1.29 is 4.74 Å². The molecule has 18 heavy (non-hydrogen) atoms. The molecule has 0 aliphatic rings. The summed E-state index contributed by atoms with van der Waals surface area (Å²) in [5.41, 5.74) is 2.09. The number of rotatable bonds is 5. The Morgan fingerprint density at radius 3 is 2.67 bits per heavy atom. The second-order valence-electron chi connectivity index (χ2n) is 3.97. The molecular weight excluding hydrogens is 226 g/mol. The van der Waals surface area contributed by atoms with E-state index >= 15 is 0 Å². The summed E-state index contributed by atoms with van der Waals surface area (Å²) < 4.78 is 5.29. The zero-order valence-electron chi connectivity index (χ0n) is 10.6.